The Morgan fingerprint density at radius 1 is 1.11 bits per heavy atom. The van der Waals surface area contributed by atoms with Gasteiger partial charge in [-0.1, -0.05) is 30.3 Å². The third-order valence-electron chi connectivity index (χ3n) is 3.00. The monoisotopic (exact) mass is 252 g/mol. The SMILES string of the molecule is COc1cccc(/C=C2/C(=O)Oc3ccccc32)c1. The average molecular weight is 252 g/mol. The van der Waals surface area contributed by atoms with Crippen LogP contribution in [0.4, 0.5) is 0 Å². The summed E-state index contributed by atoms with van der Waals surface area (Å²) in [6, 6.07) is 15.0. The number of carbonyl (C=O) groups excluding carboxylic acids is 1. The highest BCUT2D eigenvalue weighted by Crippen LogP contribution is 2.35. The molecular weight excluding hydrogens is 240 g/mol. The van der Waals surface area contributed by atoms with Crippen LogP contribution in [0.2, 0.25) is 0 Å². The minimum absolute atomic E-state index is 0.316. The van der Waals surface area contributed by atoms with Gasteiger partial charge in [-0.2, -0.15) is 0 Å². The first-order valence-corrected chi connectivity index (χ1v) is 5.95. The van der Waals surface area contributed by atoms with Crippen LogP contribution in [0, 0.1) is 0 Å². The summed E-state index contributed by atoms with van der Waals surface area (Å²) in [7, 11) is 1.62. The summed E-state index contributed by atoms with van der Waals surface area (Å²) >= 11 is 0. The zero-order valence-corrected chi connectivity index (χ0v) is 10.4. The van der Waals surface area contributed by atoms with Crippen LogP contribution in [0.15, 0.2) is 48.5 Å². The van der Waals surface area contributed by atoms with E-state index in [9.17, 15) is 4.79 Å². The standard InChI is InChI=1S/C16H12O3/c1-18-12-6-4-5-11(9-12)10-14-13-7-2-3-8-15(13)19-16(14)17/h2-10H,1H3/b14-10+. The number of rotatable bonds is 2. The molecule has 0 aliphatic carbocycles. The fraction of sp³-hybridized carbons (Fsp3) is 0.0625. The van der Waals surface area contributed by atoms with Crippen molar-refractivity contribution in [1.82, 2.24) is 0 Å². The molecule has 2 aromatic rings. The van der Waals surface area contributed by atoms with Crippen LogP contribution < -0.4 is 9.47 Å². The van der Waals surface area contributed by atoms with Gasteiger partial charge in [0.1, 0.15) is 11.5 Å². The molecule has 0 saturated carbocycles. The van der Waals surface area contributed by atoms with Crippen LogP contribution in [0.3, 0.4) is 0 Å². The fourth-order valence-corrected chi connectivity index (χ4v) is 2.08. The summed E-state index contributed by atoms with van der Waals surface area (Å²) < 4.78 is 10.4. The van der Waals surface area contributed by atoms with E-state index in [4.69, 9.17) is 9.47 Å². The number of fused-ring (bicyclic) bond motifs is 1. The third kappa shape index (κ3) is 2.10. The molecule has 0 saturated heterocycles. The molecule has 0 unspecified atom stereocenters. The highest BCUT2D eigenvalue weighted by Gasteiger charge is 2.25. The summed E-state index contributed by atoms with van der Waals surface area (Å²) in [6.45, 7) is 0. The van der Waals surface area contributed by atoms with Crippen molar-refractivity contribution >= 4 is 17.6 Å². The van der Waals surface area contributed by atoms with Crippen molar-refractivity contribution in [2.75, 3.05) is 7.11 Å². The predicted octanol–water partition coefficient (Wildman–Crippen LogP) is 3.15. The van der Waals surface area contributed by atoms with Crippen LogP contribution in [0.1, 0.15) is 11.1 Å². The van der Waals surface area contributed by atoms with Gasteiger partial charge in [0.05, 0.1) is 12.7 Å². The summed E-state index contributed by atoms with van der Waals surface area (Å²) in [6.07, 6.45) is 1.82. The number of ether oxygens (including phenoxy) is 2. The fourth-order valence-electron chi connectivity index (χ4n) is 2.08. The smallest absolute Gasteiger partial charge is 0.344 e. The molecule has 0 atom stereocenters. The lowest BCUT2D eigenvalue weighted by molar-refractivity contribution is -0.126. The molecule has 0 radical (unpaired) electrons. The Hall–Kier alpha value is -2.55. The zero-order chi connectivity index (χ0) is 13.2. The Bertz CT molecular complexity index is 671. The van der Waals surface area contributed by atoms with E-state index in [1.807, 2.05) is 48.5 Å². The maximum Gasteiger partial charge on any atom is 0.344 e. The van der Waals surface area contributed by atoms with Crippen molar-refractivity contribution in [1.29, 1.82) is 0 Å². The van der Waals surface area contributed by atoms with Gasteiger partial charge < -0.3 is 9.47 Å². The molecular formula is C16H12O3. The van der Waals surface area contributed by atoms with Gasteiger partial charge in [0.15, 0.2) is 0 Å². The van der Waals surface area contributed by atoms with E-state index in [0.29, 0.717) is 11.3 Å². The highest BCUT2D eigenvalue weighted by molar-refractivity contribution is 6.25. The number of hydrogen-bond acceptors (Lipinski definition) is 3. The topological polar surface area (TPSA) is 35.5 Å². The number of para-hydroxylation sites is 1. The van der Waals surface area contributed by atoms with Gasteiger partial charge in [-0.05, 0) is 29.8 Å². The molecule has 0 aromatic heterocycles. The molecule has 3 nitrogen and oxygen atoms in total. The van der Waals surface area contributed by atoms with Gasteiger partial charge >= 0.3 is 5.97 Å². The average Bonchev–Trinajstić information content (AvgIpc) is 2.76. The van der Waals surface area contributed by atoms with E-state index >= 15 is 0 Å². The van der Waals surface area contributed by atoms with E-state index in [2.05, 4.69) is 0 Å². The molecule has 19 heavy (non-hydrogen) atoms. The summed E-state index contributed by atoms with van der Waals surface area (Å²) in [4.78, 5) is 11.9. The van der Waals surface area contributed by atoms with Crippen LogP contribution in [-0.4, -0.2) is 13.1 Å². The zero-order valence-electron chi connectivity index (χ0n) is 10.4. The Balaban J connectivity index is 2.06. The number of esters is 1. The van der Waals surface area contributed by atoms with E-state index in [1.165, 1.54) is 0 Å². The number of hydrogen-bond donors (Lipinski definition) is 0. The molecule has 3 rings (SSSR count). The van der Waals surface area contributed by atoms with Crippen LogP contribution in [-0.2, 0) is 4.79 Å². The van der Waals surface area contributed by atoms with Gasteiger partial charge in [0.25, 0.3) is 0 Å². The van der Waals surface area contributed by atoms with Gasteiger partial charge in [-0.3, -0.25) is 0 Å². The molecule has 0 bridgehead atoms. The van der Waals surface area contributed by atoms with Gasteiger partial charge in [-0.15, -0.1) is 0 Å². The predicted molar refractivity (Wildman–Crippen MR) is 72.9 cm³/mol. The summed E-state index contributed by atoms with van der Waals surface area (Å²) in [5, 5.41) is 0. The molecule has 1 aliphatic heterocycles. The highest BCUT2D eigenvalue weighted by atomic mass is 16.5. The van der Waals surface area contributed by atoms with Crippen molar-refractivity contribution in [3.8, 4) is 11.5 Å². The Labute approximate surface area is 111 Å². The van der Waals surface area contributed by atoms with E-state index in [-0.39, 0.29) is 5.97 Å². The van der Waals surface area contributed by atoms with Crippen molar-refractivity contribution in [2.24, 2.45) is 0 Å². The molecule has 1 aliphatic rings. The van der Waals surface area contributed by atoms with Gasteiger partial charge in [-0.25, -0.2) is 4.79 Å². The Morgan fingerprint density at radius 3 is 2.79 bits per heavy atom. The number of carbonyl (C=O) groups is 1. The molecule has 0 spiro atoms. The number of methoxy groups -OCH3 is 1. The molecule has 2 aromatic carbocycles. The minimum atomic E-state index is -0.316. The van der Waals surface area contributed by atoms with E-state index < -0.39 is 0 Å². The lowest BCUT2D eigenvalue weighted by atomic mass is 10.0. The first-order valence-electron chi connectivity index (χ1n) is 5.95. The maximum atomic E-state index is 11.9. The minimum Gasteiger partial charge on any atom is -0.497 e. The van der Waals surface area contributed by atoms with Crippen molar-refractivity contribution in [2.45, 2.75) is 0 Å². The van der Waals surface area contributed by atoms with Crippen LogP contribution in [0.25, 0.3) is 11.6 Å². The Morgan fingerprint density at radius 2 is 1.95 bits per heavy atom. The van der Waals surface area contributed by atoms with Crippen LogP contribution in [0.5, 0.6) is 11.5 Å². The van der Waals surface area contributed by atoms with E-state index in [0.717, 1.165) is 16.9 Å². The van der Waals surface area contributed by atoms with E-state index in [1.54, 1.807) is 13.2 Å². The largest absolute Gasteiger partial charge is 0.497 e. The Kier molecular flexibility index (Phi) is 2.80. The van der Waals surface area contributed by atoms with Crippen molar-refractivity contribution in [3.05, 3.63) is 59.7 Å². The second kappa shape index (κ2) is 4.61. The van der Waals surface area contributed by atoms with Crippen molar-refractivity contribution in [3.63, 3.8) is 0 Å². The first kappa shape index (κ1) is 11.5. The maximum absolute atomic E-state index is 11.9. The van der Waals surface area contributed by atoms with Gasteiger partial charge in [0.2, 0.25) is 0 Å². The second-order valence-electron chi connectivity index (χ2n) is 4.22. The van der Waals surface area contributed by atoms with Crippen LogP contribution >= 0.6 is 0 Å². The molecule has 0 N–H and O–H groups in total. The first-order chi connectivity index (χ1) is 9.28. The lowest BCUT2D eigenvalue weighted by Crippen LogP contribution is -2.00. The third-order valence-corrected chi connectivity index (χ3v) is 3.00. The summed E-state index contributed by atoms with van der Waals surface area (Å²) in [5.74, 6) is 1.06. The van der Waals surface area contributed by atoms with Gasteiger partial charge in [0, 0.05) is 5.56 Å². The molecule has 0 fully saturated rings. The second-order valence-corrected chi connectivity index (χ2v) is 4.22. The lowest BCUT2D eigenvalue weighted by Gasteiger charge is -2.01. The normalized spacial score (nSPS) is 15.2. The number of benzene rings is 2. The summed E-state index contributed by atoms with van der Waals surface area (Å²) in [5.41, 5.74) is 2.31. The molecule has 1 heterocycles. The molecule has 94 valence electrons. The quantitative estimate of drug-likeness (QED) is 0.468. The molecule has 0 amide bonds. The van der Waals surface area contributed by atoms with Crippen molar-refractivity contribution < 1.29 is 14.3 Å². The molecule has 3 heteroatoms.